The molecule has 1 fully saturated rings. The molecule has 1 saturated carbocycles. The lowest BCUT2D eigenvalue weighted by molar-refractivity contribution is -0.144. The molecule has 1 aliphatic rings. The molecular weight excluding hydrogens is 682 g/mol. The predicted octanol–water partition coefficient (Wildman–Crippen LogP) is 7.36. The molecule has 0 atom stereocenters. The van der Waals surface area contributed by atoms with Crippen LogP contribution in [0.3, 0.4) is 0 Å². The first-order chi connectivity index (χ1) is 20.1. The van der Waals surface area contributed by atoms with Gasteiger partial charge in [-0.15, -0.1) is 17.5 Å². The van der Waals surface area contributed by atoms with Crippen LogP contribution in [0, 0.1) is 11.8 Å². The quantitative estimate of drug-likeness (QED) is 0.220. The molecule has 4 rings (SSSR count). The molecule has 1 aromatic heterocycles. The number of carboxylic acid groups (broad SMARTS) is 1. The van der Waals surface area contributed by atoms with Crippen molar-refractivity contribution in [3.8, 4) is 0 Å². The number of hydrogen-bond acceptors (Lipinski definition) is 6. The molecular formula is C28H32BrClF6N6O2. The summed E-state index contributed by atoms with van der Waals surface area (Å²) < 4.78 is 82.1. The van der Waals surface area contributed by atoms with E-state index < -0.39 is 29.4 Å². The van der Waals surface area contributed by atoms with Crippen molar-refractivity contribution in [2.75, 3.05) is 22.9 Å². The maximum atomic E-state index is 13.6. The second kappa shape index (κ2) is 14.4. The number of halogens is 8. The normalized spacial score (nSPS) is 17.2. The highest BCUT2D eigenvalue weighted by atomic mass is 79.9. The third kappa shape index (κ3) is 8.99. The van der Waals surface area contributed by atoms with Gasteiger partial charge in [-0.2, -0.15) is 31.1 Å². The fraction of sp³-hybridized carbons (Fsp3) is 0.500. The fourth-order valence-corrected chi connectivity index (χ4v) is 5.83. The zero-order valence-corrected chi connectivity index (χ0v) is 26.3. The topological polar surface area (TPSA) is 87.4 Å². The zero-order chi connectivity index (χ0) is 31.5. The van der Waals surface area contributed by atoms with Gasteiger partial charge in [0.2, 0.25) is 0 Å². The molecule has 0 unspecified atom stereocenters. The maximum Gasteiger partial charge on any atom is 0.416 e. The number of tetrazole rings is 1. The van der Waals surface area contributed by atoms with Crippen LogP contribution in [-0.4, -0.2) is 44.4 Å². The highest BCUT2D eigenvalue weighted by Crippen LogP contribution is 2.37. The highest BCUT2D eigenvalue weighted by Gasteiger charge is 2.37. The minimum absolute atomic E-state index is 0. The summed E-state index contributed by atoms with van der Waals surface area (Å²) in [5.74, 6) is -0.803. The van der Waals surface area contributed by atoms with Crippen molar-refractivity contribution in [2.45, 2.75) is 58.0 Å². The average Bonchev–Trinajstić information content (AvgIpc) is 3.37. The second-order valence-electron chi connectivity index (χ2n) is 10.7. The lowest BCUT2D eigenvalue weighted by Crippen LogP contribution is -2.34. The number of alkyl halides is 6. The number of anilines is 2. The van der Waals surface area contributed by atoms with Crippen molar-refractivity contribution in [1.82, 2.24) is 20.2 Å². The van der Waals surface area contributed by atoms with Crippen molar-refractivity contribution in [3.63, 3.8) is 0 Å². The fourth-order valence-electron chi connectivity index (χ4n) is 5.43. The Morgan fingerprint density at radius 3 is 2.09 bits per heavy atom. The molecule has 0 bridgehead atoms. The first-order valence-corrected chi connectivity index (χ1v) is 14.5. The Kier molecular flexibility index (Phi) is 11.6. The third-order valence-corrected chi connectivity index (χ3v) is 8.09. The summed E-state index contributed by atoms with van der Waals surface area (Å²) >= 11 is 3.48. The van der Waals surface area contributed by atoms with E-state index in [1.54, 1.807) is 0 Å². The van der Waals surface area contributed by atoms with Crippen LogP contribution in [0.15, 0.2) is 40.9 Å². The van der Waals surface area contributed by atoms with Crippen LogP contribution in [0.2, 0.25) is 0 Å². The van der Waals surface area contributed by atoms with Crippen LogP contribution >= 0.6 is 28.3 Å². The van der Waals surface area contributed by atoms with Crippen LogP contribution < -0.4 is 9.80 Å². The molecule has 1 heterocycles. The van der Waals surface area contributed by atoms with Crippen molar-refractivity contribution in [2.24, 2.45) is 18.9 Å². The number of carbonyl (C=O) groups is 1. The molecule has 0 amide bonds. The maximum absolute atomic E-state index is 13.6. The van der Waals surface area contributed by atoms with Crippen LogP contribution in [0.1, 0.15) is 54.9 Å². The monoisotopic (exact) mass is 712 g/mol. The minimum atomic E-state index is -4.98. The van der Waals surface area contributed by atoms with E-state index in [2.05, 4.69) is 36.2 Å². The van der Waals surface area contributed by atoms with Crippen LogP contribution in [-0.2, 0) is 37.3 Å². The SMILES string of the molecule is CCN(CC1CCC(C(=O)O)CC1)c1ccc(Br)cc1CN(Cc1cc(C(F)(F)F)cc(C(F)(F)F)c1)c1nnn(C)n1.Cl. The molecule has 44 heavy (non-hydrogen) atoms. The molecule has 242 valence electrons. The van der Waals surface area contributed by atoms with Crippen molar-refractivity contribution < 1.29 is 36.2 Å². The van der Waals surface area contributed by atoms with E-state index in [-0.39, 0.29) is 54.9 Å². The lowest BCUT2D eigenvalue weighted by Gasteiger charge is -2.34. The second-order valence-corrected chi connectivity index (χ2v) is 11.6. The van der Waals surface area contributed by atoms with Gasteiger partial charge in [-0.3, -0.25) is 4.79 Å². The number of carboxylic acids is 1. The Hall–Kier alpha value is -3.07. The van der Waals surface area contributed by atoms with Crippen molar-refractivity contribution in [3.05, 3.63) is 63.1 Å². The van der Waals surface area contributed by atoms with Gasteiger partial charge in [-0.1, -0.05) is 21.0 Å². The molecule has 16 heteroatoms. The number of aromatic nitrogens is 4. The van der Waals surface area contributed by atoms with Crippen LogP contribution in [0.25, 0.3) is 0 Å². The molecule has 0 spiro atoms. The summed E-state index contributed by atoms with van der Waals surface area (Å²) in [5, 5.41) is 21.3. The number of benzene rings is 2. The number of nitrogens with zero attached hydrogens (tertiary/aromatic N) is 6. The molecule has 2 aromatic carbocycles. The minimum Gasteiger partial charge on any atom is -0.481 e. The molecule has 0 saturated heterocycles. The number of hydrogen-bond donors (Lipinski definition) is 1. The standard InChI is InChI=1S/C28H31BrF6N6O2.ClH/c1-3-40(14-17-4-6-19(7-5-17)25(42)43)24-9-8-23(29)12-20(24)16-41(26-36-38-39(2)37-26)15-18-10-21(27(30,31)32)13-22(11-18)28(33,34)35;/h8-13,17,19H,3-7,14-16H2,1-2H3,(H,42,43);1H. The largest absolute Gasteiger partial charge is 0.481 e. The number of rotatable bonds is 10. The zero-order valence-electron chi connectivity index (χ0n) is 23.9. The van der Waals surface area contributed by atoms with E-state index in [0.717, 1.165) is 33.4 Å². The van der Waals surface area contributed by atoms with Crippen LogP contribution in [0.5, 0.6) is 0 Å². The molecule has 0 radical (unpaired) electrons. The van der Waals surface area contributed by atoms with Gasteiger partial charge in [-0.05, 0) is 91.3 Å². The van der Waals surface area contributed by atoms with Gasteiger partial charge in [0, 0.05) is 36.3 Å². The van der Waals surface area contributed by atoms with Gasteiger partial charge in [0.15, 0.2) is 0 Å². The van der Waals surface area contributed by atoms with E-state index in [1.807, 2.05) is 25.1 Å². The summed E-state index contributed by atoms with van der Waals surface area (Å²) in [7, 11) is 1.50. The summed E-state index contributed by atoms with van der Waals surface area (Å²) in [4.78, 5) is 16.2. The Morgan fingerprint density at radius 2 is 1.59 bits per heavy atom. The van der Waals surface area contributed by atoms with E-state index in [9.17, 15) is 36.2 Å². The Morgan fingerprint density at radius 1 is 0.977 bits per heavy atom. The molecule has 1 N–H and O–H groups in total. The van der Waals surface area contributed by atoms with Gasteiger partial charge in [0.1, 0.15) is 0 Å². The molecule has 3 aromatic rings. The van der Waals surface area contributed by atoms with E-state index >= 15 is 0 Å². The summed E-state index contributed by atoms with van der Waals surface area (Å²) in [5.41, 5.74) is -1.44. The van der Waals surface area contributed by atoms with E-state index in [0.29, 0.717) is 38.1 Å². The first kappa shape index (κ1) is 35.4. The predicted molar refractivity (Wildman–Crippen MR) is 157 cm³/mol. The van der Waals surface area contributed by atoms with Crippen molar-refractivity contribution in [1.29, 1.82) is 0 Å². The highest BCUT2D eigenvalue weighted by molar-refractivity contribution is 9.10. The summed E-state index contributed by atoms with van der Waals surface area (Å²) in [6.45, 7) is 2.98. The average molecular weight is 714 g/mol. The number of aryl methyl sites for hydroxylation is 1. The van der Waals surface area contributed by atoms with E-state index in [4.69, 9.17) is 0 Å². The van der Waals surface area contributed by atoms with Gasteiger partial charge in [-0.25, -0.2) is 0 Å². The van der Waals surface area contributed by atoms with Gasteiger partial charge in [0.25, 0.3) is 5.95 Å². The van der Waals surface area contributed by atoms with Gasteiger partial charge < -0.3 is 14.9 Å². The molecule has 0 aliphatic heterocycles. The summed E-state index contributed by atoms with van der Waals surface area (Å²) in [6, 6.07) is 7.11. The van der Waals surface area contributed by atoms with Crippen LogP contribution in [0.4, 0.5) is 38.0 Å². The Bertz CT molecular complexity index is 1400. The van der Waals surface area contributed by atoms with Gasteiger partial charge in [0.05, 0.1) is 24.1 Å². The third-order valence-electron chi connectivity index (χ3n) is 7.60. The Balaban J connectivity index is 0.00000529. The first-order valence-electron chi connectivity index (χ1n) is 13.7. The number of aliphatic carboxylic acids is 1. The molecule has 1 aliphatic carbocycles. The van der Waals surface area contributed by atoms with Gasteiger partial charge >= 0.3 is 18.3 Å². The Labute approximate surface area is 264 Å². The lowest BCUT2D eigenvalue weighted by atomic mass is 9.81. The van der Waals surface area contributed by atoms with E-state index in [1.165, 1.54) is 11.9 Å². The summed E-state index contributed by atoms with van der Waals surface area (Å²) in [6.07, 6.45) is -7.21. The smallest absolute Gasteiger partial charge is 0.416 e. The van der Waals surface area contributed by atoms with Crippen molar-refractivity contribution >= 4 is 45.9 Å². The molecule has 8 nitrogen and oxygen atoms in total.